The van der Waals surface area contributed by atoms with Crippen molar-refractivity contribution in [3.05, 3.63) is 83.2 Å². The molecule has 1 aliphatic rings. The van der Waals surface area contributed by atoms with Crippen LogP contribution in [0, 0.1) is 0 Å². The van der Waals surface area contributed by atoms with E-state index in [4.69, 9.17) is 9.73 Å². The Morgan fingerprint density at radius 3 is 2.62 bits per heavy atom. The number of fused-ring (bicyclic) bond motifs is 2. The van der Waals surface area contributed by atoms with Gasteiger partial charge in [0.05, 0.1) is 0 Å². The van der Waals surface area contributed by atoms with Gasteiger partial charge in [-0.2, -0.15) is 0 Å². The summed E-state index contributed by atoms with van der Waals surface area (Å²) in [5, 5.41) is 5.91. The van der Waals surface area contributed by atoms with Crippen molar-refractivity contribution in [2.45, 2.75) is 6.04 Å². The zero-order chi connectivity index (χ0) is 15.9. The van der Waals surface area contributed by atoms with Gasteiger partial charge < -0.3 is 4.74 Å². The SMILES string of the molecule is c1ccc2c(C3=N[C@H](c4csc5ccccc45)CO3)cccc2c1. The summed E-state index contributed by atoms with van der Waals surface area (Å²) < 4.78 is 7.29. The Bertz CT molecular complexity index is 1070. The number of rotatable bonds is 2. The molecule has 0 saturated carbocycles. The van der Waals surface area contributed by atoms with Gasteiger partial charge in [0, 0.05) is 10.3 Å². The minimum atomic E-state index is 0.0788. The first-order valence-electron chi connectivity index (χ1n) is 8.05. The maximum absolute atomic E-state index is 5.99. The first-order valence-corrected chi connectivity index (χ1v) is 8.93. The first-order chi connectivity index (χ1) is 11.9. The molecule has 5 rings (SSSR count). The lowest BCUT2D eigenvalue weighted by molar-refractivity contribution is 0.320. The number of ether oxygens (including phenoxy) is 1. The average molecular weight is 329 g/mol. The van der Waals surface area contributed by atoms with Crippen molar-refractivity contribution in [2.24, 2.45) is 4.99 Å². The molecule has 116 valence electrons. The monoisotopic (exact) mass is 329 g/mol. The second kappa shape index (κ2) is 5.46. The molecule has 24 heavy (non-hydrogen) atoms. The van der Waals surface area contributed by atoms with Crippen molar-refractivity contribution >= 4 is 38.1 Å². The summed E-state index contributed by atoms with van der Waals surface area (Å²) in [4.78, 5) is 4.90. The molecule has 1 aliphatic heterocycles. The van der Waals surface area contributed by atoms with Gasteiger partial charge >= 0.3 is 0 Å². The Labute approximate surface area is 144 Å². The summed E-state index contributed by atoms with van der Waals surface area (Å²) in [5.74, 6) is 0.757. The van der Waals surface area contributed by atoms with Crippen LogP contribution >= 0.6 is 11.3 Å². The van der Waals surface area contributed by atoms with E-state index in [1.165, 1.54) is 26.4 Å². The molecule has 0 saturated heterocycles. The molecule has 0 bridgehead atoms. The van der Waals surface area contributed by atoms with E-state index in [1.54, 1.807) is 11.3 Å². The molecule has 0 aliphatic carbocycles. The van der Waals surface area contributed by atoms with Crippen LogP contribution in [0.5, 0.6) is 0 Å². The molecule has 0 radical (unpaired) electrons. The lowest BCUT2D eigenvalue weighted by atomic mass is 10.0. The highest BCUT2D eigenvalue weighted by Crippen LogP contribution is 2.35. The fourth-order valence-electron chi connectivity index (χ4n) is 3.35. The molecule has 3 aromatic carbocycles. The Morgan fingerprint density at radius 1 is 0.875 bits per heavy atom. The van der Waals surface area contributed by atoms with Crippen LogP contribution in [0.25, 0.3) is 20.9 Å². The summed E-state index contributed by atoms with van der Waals surface area (Å²) in [6.07, 6.45) is 0. The Balaban J connectivity index is 1.60. The summed E-state index contributed by atoms with van der Waals surface area (Å²) in [6, 6.07) is 23.2. The molecular weight excluding hydrogens is 314 g/mol. The van der Waals surface area contributed by atoms with E-state index in [9.17, 15) is 0 Å². The minimum absolute atomic E-state index is 0.0788. The third-order valence-corrected chi connectivity index (χ3v) is 5.52. The maximum Gasteiger partial charge on any atom is 0.217 e. The second-order valence-corrected chi connectivity index (χ2v) is 6.89. The van der Waals surface area contributed by atoms with Crippen LogP contribution in [0.15, 0.2) is 77.1 Å². The predicted molar refractivity (Wildman–Crippen MR) is 101 cm³/mol. The lowest BCUT2D eigenvalue weighted by Crippen LogP contribution is -2.02. The van der Waals surface area contributed by atoms with Crippen LogP contribution in [0.1, 0.15) is 17.2 Å². The van der Waals surface area contributed by atoms with Gasteiger partial charge in [-0.05, 0) is 39.2 Å². The van der Waals surface area contributed by atoms with Crippen molar-refractivity contribution in [1.29, 1.82) is 0 Å². The first kappa shape index (κ1) is 13.8. The summed E-state index contributed by atoms with van der Waals surface area (Å²) in [6.45, 7) is 0.610. The van der Waals surface area contributed by atoms with Crippen molar-refractivity contribution in [1.82, 2.24) is 0 Å². The maximum atomic E-state index is 5.99. The molecule has 0 unspecified atom stereocenters. The quantitative estimate of drug-likeness (QED) is 0.471. The molecule has 1 aromatic heterocycles. The fraction of sp³-hybridized carbons (Fsp3) is 0.0952. The summed E-state index contributed by atoms with van der Waals surface area (Å²) >= 11 is 1.78. The predicted octanol–water partition coefficient (Wildman–Crippen LogP) is 5.57. The molecule has 2 heterocycles. The zero-order valence-electron chi connectivity index (χ0n) is 13.0. The lowest BCUT2D eigenvalue weighted by Gasteiger charge is -2.05. The Morgan fingerprint density at radius 2 is 1.67 bits per heavy atom. The molecule has 2 nitrogen and oxygen atoms in total. The van der Waals surface area contributed by atoms with Gasteiger partial charge in [-0.25, -0.2) is 4.99 Å². The fourth-order valence-corrected chi connectivity index (χ4v) is 4.36. The number of hydrogen-bond donors (Lipinski definition) is 0. The van der Waals surface area contributed by atoms with E-state index in [2.05, 4.69) is 72.1 Å². The molecule has 4 aromatic rings. The van der Waals surface area contributed by atoms with Gasteiger partial charge in [0.1, 0.15) is 12.6 Å². The van der Waals surface area contributed by atoms with E-state index in [0.717, 1.165) is 11.5 Å². The van der Waals surface area contributed by atoms with Gasteiger partial charge in [-0.15, -0.1) is 11.3 Å². The smallest absolute Gasteiger partial charge is 0.217 e. The molecule has 0 fully saturated rings. The van der Waals surface area contributed by atoms with Crippen LogP contribution in [0.3, 0.4) is 0 Å². The third-order valence-electron chi connectivity index (χ3n) is 4.54. The van der Waals surface area contributed by atoms with E-state index in [1.807, 2.05) is 0 Å². The van der Waals surface area contributed by atoms with Gasteiger partial charge in [0.15, 0.2) is 0 Å². The van der Waals surface area contributed by atoms with Gasteiger partial charge in [-0.1, -0.05) is 54.6 Å². The topological polar surface area (TPSA) is 21.6 Å². The molecule has 0 spiro atoms. The number of aliphatic imine (C=N–C) groups is 1. The molecular formula is C21H15NOS. The number of nitrogens with zero attached hydrogens (tertiary/aromatic N) is 1. The van der Waals surface area contributed by atoms with Crippen LogP contribution in [0.4, 0.5) is 0 Å². The van der Waals surface area contributed by atoms with Crippen molar-refractivity contribution in [3.63, 3.8) is 0 Å². The Hall–Kier alpha value is -2.65. The highest BCUT2D eigenvalue weighted by atomic mass is 32.1. The largest absolute Gasteiger partial charge is 0.475 e. The zero-order valence-corrected chi connectivity index (χ0v) is 13.8. The molecule has 0 N–H and O–H groups in total. The number of benzene rings is 3. The van der Waals surface area contributed by atoms with Crippen molar-refractivity contribution < 1.29 is 4.74 Å². The molecule has 1 atom stereocenters. The average Bonchev–Trinajstić information content (AvgIpc) is 3.28. The van der Waals surface area contributed by atoms with Crippen LogP contribution in [-0.2, 0) is 4.74 Å². The normalized spacial score (nSPS) is 17.2. The highest BCUT2D eigenvalue weighted by Gasteiger charge is 2.24. The van der Waals surface area contributed by atoms with Crippen LogP contribution in [-0.4, -0.2) is 12.5 Å². The van der Waals surface area contributed by atoms with Gasteiger partial charge in [-0.3, -0.25) is 0 Å². The molecule has 0 amide bonds. The van der Waals surface area contributed by atoms with Crippen LogP contribution in [0.2, 0.25) is 0 Å². The molecule has 3 heteroatoms. The summed E-state index contributed by atoms with van der Waals surface area (Å²) in [5.41, 5.74) is 2.35. The third kappa shape index (κ3) is 2.13. The number of hydrogen-bond acceptors (Lipinski definition) is 3. The van der Waals surface area contributed by atoms with Gasteiger partial charge in [0.25, 0.3) is 0 Å². The minimum Gasteiger partial charge on any atom is -0.475 e. The second-order valence-electron chi connectivity index (χ2n) is 5.97. The highest BCUT2D eigenvalue weighted by molar-refractivity contribution is 7.17. The van der Waals surface area contributed by atoms with Crippen LogP contribution < -0.4 is 0 Å². The van der Waals surface area contributed by atoms with Crippen molar-refractivity contribution in [2.75, 3.05) is 6.61 Å². The van der Waals surface area contributed by atoms with E-state index in [-0.39, 0.29) is 6.04 Å². The van der Waals surface area contributed by atoms with Gasteiger partial charge in [0.2, 0.25) is 5.90 Å². The number of thiophene rings is 1. The Kier molecular flexibility index (Phi) is 3.13. The van der Waals surface area contributed by atoms with Crippen molar-refractivity contribution in [3.8, 4) is 0 Å². The standard InChI is InChI=1S/C21H15NOS/c1-2-8-15-14(6-1)7-5-10-17(15)21-22-19(12-23-21)18-13-24-20-11-4-3-9-16(18)20/h1-11,13,19H,12H2/t19-/m0/s1. The van der Waals surface area contributed by atoms with E-state index < -0.39 is 0 Å². The summed E-state index contributed by atoms with van der Waals surface area (Å²) in [7, 11) is 0. The van der Waals surface area contributed by atoms with E-state index in [0.29, 0.717) is 6.61 Å². The van der Waals surface area contributed by atoms with E-state index >= 15 is 0 Å².